The maximum atomic E-state index is 11.8. The molecule has 0 aromatic heterocycles. The second kappa shape index (κ2) is 4.68. The average molecular weight is 303 g/mol. The molecule has 0 unspecified atom stereocenters. The number of nitrogens with zero attached hydrogens (tertiary/aromatic N) is 1. The third-order valence-corrected chi connectivity index (χ3v) is 5.81. The lowest BCUT2D eigenvalue weighted by Gasteiger charge is -2.43. The van der Waals surface area contributed by atoms with Gasteiger partial charge >= 0.3 is 0 Å². The summed E-state index contributed by atoms with van der Waals surface area (Å²) in [7, 11) is -3.49. The van der Waals surface area contributed by atoms with Gasteiger partial charge < -0.3 is 5.32 Å². The summed E-state index contributed by atoms with van der Waals surface area (Å²) in [5.41, 5.74) is 0.828. The number of nitrogens with one attached hydrogen (secondary N) is 1. The molecule has 1 aromatic carbocycles. The number of halogens is 1. The predicted molar refractivity (Wildman–Crippen MR) is 74.7 cm³/mol. The Morgan fingerprint density at radius 1 is 1.26 bits per heavy atom. The van der Waals surface area contributed by atoms with Crippen LogP contribution < -0.4 is 5.32 Å². The molecular weight excluding hydrogens is 288 g/mol. The van der Waals surface area contributed by atoms with Crippen LogP contribution >= 0.6 is 11.6 Å². The Morgan fingerprint density at radius 2 is 1.84 bits per heavy atom. The number of hydrogen-bond donors (Lipinski definition) is 1. The van der Waals surface area contributed by atoms with Gasteiger partial charge in [0.1, 0.15) is 0 Å². The van der Waals surface area contributed by atoms with Crippen molar-refractivity contribution < 1.29 is 13.2 Å². The summed E-state index contributed by atoms with van der Waals surface area (Å²) in [6.07, 6.45) is 0. The van der Waals surface area contributed by atoms with E-state index in [0.29, 0.717) is 11.6 Å². The zero-order valence-corrected chi connectivity index (χ0v) is 12.3. The molecule has 1 heterocycles. The topological polar surface area (TPSA) is 66.5 Å². The molecule has 7 heteroatoms. The number of carbonyl (C=O) groups is 1. The largest absolute Gasteiger partial charge is 0.383 e. The number of rotatable bonds is 4. The zero-order valence-electron chi connectivity index (χ0n) is 10.7. The summed E-state index contributed by atoms with van der Waals surface area (Å²) < 4.78 is 23.3. The molecule has 1 aliphatic heterocycles. The summed E-state index contributed by atoms with van der Waals surface area (Å²) in [5.74, 6) is -0.356. The van der Waals surface area contributed by atoms with Crippen LogP contribution in [0.2, 0.25) is 5.02 Å². The molecule has 0 saturated carbocycles. The Kier molecular flexibility index (Phi) is 3.49. The van der Waals surface area contributed by atoms with Crippen LogP contribution in [0.1, 0.15) is 13.8 Å². The van der Waals surface area contributed by atoms with Crippen LogP contribution in [0.15, 0.2) is 24.3 Å². The maximum absolute atomic E-state index is 11.8. The summed E-state index contributed by atoms with van der Waals surface area (Å²) in [4.78, 5) is 11.7. The van der Waals surface area contributed by atoms with Gasteiger partial charge in [-0.1, -0.05) is 11.6 Å². The van der Waals surface area contributed by atoms with Crippen LogP contribution in [0, 0.1) is 0 Å². The van der Waals surface area contributed by atoms with Crippen molar-refractivity contribution in [3.8, 4) is 0 Å². The van der Waals surface area contributed by atoms with Gasteiger partial charge in [0.15, 0.2) is 4.75 Å². The van der Waals surface area contributed by atoms with Crippen molar-refractivity contribution in [2.45, 2.75) is 18.6 Å². The Bertz CT molecular complexity index is 596. The first kappa shape index (κ1) is 14.1. The minimum atomic E-state index is -3.49. The van der Waals surface area contributed by atoms with Crippen LogP contribution in [-0.2, 0) is 14.8 Å². The number of sulfonamides is 1. The first-order valence-electron chi connectivity index (χ1n) is 5.83. The molecular formula is C12H15ClN2O3S. The van der Waals surface area contributed by atoms with Crippen molar-refractivity contribution in [3.05, 3.63) is 29.3 Å². The Hall–Kier alpha value is -1.27. The van der Waals surface area contributed by atoms with E-state index < -0.39 is 14.8 Å². The molecule has 19 heavy (non-hydrogen) atoms. The Morgan fingerprint density at radius 3 is 2.37 bits per heavy atom. The van der Waals surface area contributed by atoms with E-state index in [-0.39, 0.29) is 12.5 Å². The van der Waals surface area contributed by atoms with E-state index in [0.717, 1.165) is 9.99 Å². The number of benzene rings is 1. The number of amides is 1. The summed E-state index contributed by atoms with van der Waals surface area (Å²) in [6.45, 7) is 3.34. The van der Waals surface area contributed by atoms with Crippen molar-refractivity contribution in [2.75, 3.05) is 18.4 Å². The minimum Gasteiger partial charge on any atom is -0.383 e. The van der Waals surface area contributed by atoms with Crippen molar-refractivity contribution in [2.24, 2.45) is 0 Å². The quantitative estimate of drug-likeness (QED) is 0.919. The monoisotopic (exact) mass is 302 g/mol. The molecule has 1 amide bonds. The average Bonchev–Trinajstić information content (AvgIpc) is 2.35. The molecule has 5 nitrogen and oxygen atoms in total. The SMILES string of the molecule is CC1(C)C(=O)N(CCNc2ccc(Cl)cc2)S1(=O)=O. The van der Waals surface area contributed by atoms with Crippen molar-refractivity contribution in [1.82, 2.24) is 4.31 Å². The molecule has 1 fully saturated rings. The van der Waals surface area contributed by atoms with Gasteiger partial charge in [-0.3, -0.25) is 4.79 Å². The normalized spacial score (nSPS) is 19.9. The van der Waals surface area contributed by atoms with E-state index in [4.69, 9.17) is 11.6 Å². The fourth-order valence-corrected chi connectivity index (χ4v) is 3.50. The summed E-state index contributed by atoms with van der Waals surface area (Å²) in [6, 6.07) is 7.05. The highest BCUT2D eigenvalue weighted by Gasteiger charge is 2.59. The molecule has 2 rings (SSSR count). The van der Waals surface area contributed by atoms with Gasteiger partial charge in [-0.2, -0.15) is 0 Å². The Labute approximate surface area is 117 Å². The van der Waals surface area contributed by atoms with E-state index in [1.54, 1.807) is 24.3 Å². The van der Waals surface area contributed by atoms with Gasteiger partial charge in [0.25, 0.3) is 15.9 Å². The smallest absolute Gasteiger partial charge is 0.258 e. The molecule has 104 valence electrons. The van der Waals surface area contributed by atoms with Crippen LogP contribution in [0.25, 0.3) is 0 Å². The second-order valence-corrected chi connectivity index (χ2v) is 7.67. The van der Waals surface area contributed by atoms with E-state index in [2.05, 4.69) is 5.32 Å². The highest BCUT2D eigenvalue weighted by molar-refractivity contribution is 7.94. The van der Waals surface area contributed by atoms with Gasteiger partial charge in [-0.25, -0.2) is 12.7 Å². The number of hydrogen-bond acceptors (Lipinski definition) is 4. The molecule has 1 saturated heterocycles. The number of anilines is 1. The van der Waals surface area contributed by atoms with Crippen LogP contribution in [0.4, 0.5) is 5.69 Å². The van der Waals surface area contributed by atoms with Crippen molar-refractivity contribution in [3.63, 3.8) is 0 Å². The van der Waals surface area contributed by atoms with Crippen molar-refractivity contribution >= 4 is 33.2 Å². The van der Waals surface area contributed by atoms with Gasteiger partial charge in [-0.05, 0) is 38.1 Å². The molecule has 0 bridgehead atoms. The summed E-state index contributed by atoms with van der Waals surface area (Å²) >= 11 is 5.76. The molecule has 0 radical (unpaired) electrons. The lowest BCUT2D eigenvalue weighted by molar-refractivity contribution is -0.132. The highest BCUT2D eigenvalue weighted by atomic mass is 35.5. The third kappa shape index (κ3) is 2.30. The van der Waals surface area contributed by atoms with Gasteiger partial charge in [0.05, 0.1) is 6.54 Å². The lowest BCUT2D eigenvalue weighted by Crippen LogP contribution is -2.67. The minimum absolute atomic E-state index is 0.132. The van der Waals surface area contributed by atoms with Gasteiger partial charge in [0.2, 0.25) is 0 Å². The fraction of sp³-hybridized carbons (Fsp3) is 0.417. The first-order chi connectivity index (χ1) is 8.76. The number of carbonyl (C=O) groups excluding carboxylic acids is 1. The van der Waals surface area contributed by atoms with Crippen LogP contribution in [0.3, 0.4) is 0 Å². The standard InChI is InChI=1S/C12H15ClN2O3S/c1-12(2)11(16)15(19(12,17)18)8-7-14-10-5-3-9(13)4-6-10/h3-6,14H,7-8H2,1-2H3. The highest BCUT2D eigenvalue weighted by Crippen LogP contribution is 2.34. The van der Waals surface area contributed by atoms with E-state index in [1.165, 1.54) is 13.8 Å². The molecule has 0 spiro atoms. The summed E-state index contributed by atoms with van der Waals surface area (Å²) in [5, 5.41) is 3.67. The molecule has 0 aliphatic carbocycles. The van der Waals surface area contributed by atoms with Crippen LogP contribution in [-0.4, -0.2) is 36.5 Å². The third-order valence-electron chi connectivity index (χ3n) is 3.16. The maximum Gasteiger partial charge on any atom is 0.258 e. The molecule has 1 N–H and O–H groups in total. The van der Waals surface area contributed by atoms with E-state index in [1.807, 2.05) is 0 Å². The van der Waals surface area contributed by atoms with E-state index in [9.17, 15) is 13.2 Å². The van der Waals surface area contributed by atoms with Gasteiger partial charge in [0, 0.05) is 17.3 Å². The Balaban J connectivity index is 1.91. The molecule has 1 aromatic rings. The first-order valence-corrected chi connectivity index (χ1v) is 7.65. The lowest BCUT2D eigenvalue weighted by atomic mass is 10.2. The van der Waals surface area contributed by atoms with E-state index >= 15 is 0 Å². The zero-order chi connectivity index (χ0) is 14.3. The molecule has 1 aliphatic rings. The fourth-order valence-electron chi connectivity index (χ4n) is 1.85. The second-order valence-electron chi connectivity index (χ2n) is 4.83. The molecule has 0 atom stereocenters. The van der Waals surface area contributed by atoms with Crippen LogP contribution in [0.5, 0.6) is 0 Å². The van der Waals surface area contributed by atoms with Crippen molar-refractivity contribution in [1.29, 1.82) is 0 Å². The predicted octanol–water partition coefficient (Wildman–Crippen LogP) is 1.70. The van der Waals surface area contributed by atoms with Gasteiger partial charge in [-0.15, -0.1) is 0 Å².